The number of hydrogen-bond acceptors (Lipinski definition) is 6. The number of anilines is 3. The minimum absolute atomic E-state index is 0.142. The Morgan fingerprint density at radius 1 is 1.03 bits per heavy atom. The second-order valence-electron chi connectivity index (χ2n) is 6.41. The summed E-state index contributed by atoms with van der Waals surface area (Å²) < 4.78 is 5.04. The zero-order valence-corrected chi connectivity index (χ0v) is 16.2. The first-order chi connectivity index (χ1) is 14.0. The fourth-order valence-corrected chi connectivity index (χ4v) is 2.94. The van der Waals surface area contributed by atoms with Crippen LogP contribution >= 0.6 is 0 Å². The number of amides is 2. The van der Waals surface area contributed by atoms with Crippen LogP contribution in [0.2, 0.25) is 0 Å². The number of esters is 1. The highest BCUT2D eigenvalue weighted by molar-refractivity contribution is 6.38. The Bertz CT molecular complexity index is 925. The van der Waals surface area contributed by atoms with Crippen LogP contribution in [0.15, 0.2) is 59.7 Å². The Labute approximate surface area is 168 Å². The third kappa shape index (κ3) is 4.98. The summed E-state index contributed by atoms with van der Waals surface area (Å²) in [5.41, 5.74) is 2.11. The van der Waals surface area contributed by atoms with Gasteiger partial charge in [0.2, 0.25) is 11.8 Å². The maximum atomic E-state index is 12.9. The summed E-state index contributed by atoms with van der Waals surface area (Å²) in [7, 11) is 0. The SMILES string of the molecule is CCOC(=O)C1=NN(c2ccccc2)C(C(=O)Nc2ccc(NC(C)=O)cc2)C1. The van der Waals surface area contributed by atoms with Gasteiger partial charge in [-0.05, 0) is 43.3 Å². The number of hydrogen-bond donors (Lipinski definition) is 2. The number of carbonyl (C=O) groups excluding carboxylic acids is 3. The second kappa shape index (κ2) is 9.01. The number of para-hydroxylation sites is 1. The Morgan fingerprint density at radius 2 is 1.66 bits per heavy atom. The molecule has 0 aromatic heterocycles. The summed E-state index contributed by atoms with van der Waals surface area (Å²) in [6, 6.07) is 15.3. The molecule has 2 aromatic rings. The predicted molar refractivity (Wildman–Crippen MR) is 111 cm³/mol. The van der Waals surface area contributed by atoms with E-state index in [0.29, 0.717) is 17.1 Å². The van der Waals surface area contributed by atoms with E-state index in [2.05, 4.69) is 15.7 Å². The van der Waals surface area contributed by atoms with Crippen molar-refractivity contribution in [2.24, 2.45) is 5.10 Å². The molecule has 2 N–H and O–H groups in total. The van der Waals surface area contributed by atoms with Crippen LogP contribution < -0.4 is 15.6 Å². The monoisotopic (exact) mass is 394 g/mol. The Kier molecular flexibility index (Phi) is 6.23. The van der Waals surface area contributed by atoms with Gasteiger partial charge >= 0.3 is 5.97 Å². The molecule has 3 rings (SSSR count). The maximum absolute atomic E-state index is 12.9. The Morgan fingerprint density at radius 3 is 2.24 bits per heavy atom. The summed E-state index contributed by atoms with van der Waals surface area (Å²) in [5.74, 6) is -0.998. The van der Waals surface area contributed by atoms with Gasteiger partial charge in [-0.1, -0.05) is 18.2 Å². The lowest BCUT2D eigenvalue weighted by atomic mass is 10.1. The minimum Gasteiger partial charge on any atom is -0.461 e. The van der Waals surface area contributed by atoms with Crippen molar-refractivity contribution in [3.05, 3.63) is 54.6 Å². The van der Waals surface area contributed by atoms with Gasteiger partial charge in [-0.25, -0.2) is 4.79 Å². The van der Waals surface area contributed by atoms with E-state index >= 15 is 0 Å². The van der Waals surface area contributed by atoms with Crippen molar-refractivity contribution in [2.45, 2.75) is 26.3 Å². The lowest BCUT2D eigenvalue weighted by Crippen LogP contribution is -2.38. The Hall–Kier alpha value is -3.68. The van der Waals surface area contributed by atoms with Crippen molar-refractivity contribution in [1.82, 2.24) is 0 Å². The summed E-state index contributed by atoms with van der Waals surface area (Å²) in [6.45, 7) is 3.38. The van der Waals surface area contributed by atoms with Gasteiger partial charge in [0, 0.05) is 24.7 Å². The number of nitrogens with one attached hydrogen (secondary N) is 2. The molecule has 1 aliphatic rings. The van der Waals surface area contributed by atoms with E-state index in [1.807, 2.05) is 30.3 Å². The summed E-state index contributed by atoms with van der Waals surface area (Å²) >= 11 is 0. The van der Waals surface area contributed by atoms with Crippen LogP contribution in [-0.2, 0) is 19.1 Å². The standard InChI is InChI=1S/C21H22N4O4/c1-3-29-21(28)18-13-19(25(24-18)17-7-5-4-6-8-17)20(27)23-16-11-9-15(10-12-16)22-14(2)26/h4-12,19H,3,13H2,1-2H3,(H,22,26)(H,23,27). The topological polar surface area (TPSA) is 100 Å². The average molecular weight is 394 g/mol. The van der Waals surface area contributed by atoms with Crippen LogP contribution in [0.25, 0.3) is 0 Å². The normalized spacial score (nSPS) is 15.4. The van der Waals surface area contributed by atoms with Gasteiger partial charge in [0.05, 0.1) is 12.3 Å². The van der Waals surface area contributed by atoms with E-state index in [1.165, 1.54) is 11.9 Å². The van der Waals surface area contributed by atoms with Crippen molar-refractivity contribution in [1.29, 1.82) is 0 Å². The van der Waals surface area contributed by atoms with Crippen LogP contribution in [0.4, 0.5) is 17.1 Å². The lowest BCUT2D eigenvalue weighted by Gasteiger charge is -2.22. The zero-order valence-electron chi connectivity index (χ0n) is 16.2. The molecule has 2 aromatic carbocycles. The highest BCUT2D eigenvalue weighted by Gasteiger charge is 2.36. The van der Waals surface area contributed by atoms with Crippen LogP contribution in [0.3, 0.4) is 0 Å². The molecule has 2 amide bonds. The summed E-state index contributed by atoms with van der Waals surface area (Å²) in [5, 5.41) is 11.4. The highest BCUT2D eigenvalue weighted by atomic mass is 16.5. The quantitative estimate of drug-likeness (QED) is 0.734. The fourth-order valence-electron chi connectivity index (χ4n) is 2.94. The van der Waals surface area contributed by atoms with Crippen molar-refractivity contribution >= 4 is 40.6 Å². The van der Waals surface area contributed by atoms with E-state index in [1.54, 1.807) is 31.2 Å². The van der Waals surface area contributed by atoms with E-state index in [4.69, 9.17) is 4.74 Å². The van der Waals surface area contributed by atoms with E-state index in [9.17, 15) is 14.4 Å². The number of carbonyl (C=O) groups is 3. The van der Waals surface area contributed by atoms with E-state index < -0.39 is 12.0 Å². The van der Waals surface area contributed by atoms with Crippen molar-refractivity contribution in [3.63, 3.8) is 0 Å². The number of ether oxygens (including phenoxy) is 1. The van der Waals surface area contributed by atoms with Gasteiger partial charge in [0.15, 0.2) is 0 Å². The molecule has 1 heterocycles. The minimum atomic E-state index is -0.688. The van der Waals surface area contributed by atoms with Crippen LogP contribution in [-0.4, -0.2) is 36.1 Å². The van der Waals surface area contributed by atoms with Gasteiger partial charge in [-0.15, -0.1) is 0 Å². The highest BCUT2D eigenvalue weighted by Crippen LogP contribution is 2.26. The molecule has 0 saturated heterocycles. The van der Waals surface area contributed by atoms with E-state index in [-0.39, 0.29) is 30.6 Å². The molecule has 29 heavy (non-hydrogen) atoms. The molecule has 8 heteroatoms. The molecule has 1 atom stereocenters. The first-order valence-electron chi connectivity index (χ1n) is 9.25. The van der Waals surface area contributed by atoms with Crippen LogP contribution in [0.1, 0.15) is 20.3 Å². The zero-order chi connectivity index (χ0) is 20.8. The number of hydrazone groups is 1. The first kappa shape index (κ1) is 20.1. The molecule has 0 saturated carbocycles. The molecule has 150 valence electrons. The average Bonchev–Trinajstić information content (AvgIpc) is 3.16. The van der Waals surface area contributed by atoms with Crippen LogP contribution in [0, 0.1) is 0 Å². The molecule has 1 aliphatic heterocycles. The van der Waals surface area contributed by atoms with Gasteiger partial charge in [0.25, 0.3) is 0 Å². The molecular weight excluding hydrogens is 372 g/mol. The molecule has 1 unspecified atom stereocenters. The third-order valence-corrected chi connectivity index (χ3v) is 4.22. The largest absolute Gasteiger partial charge is 0.461 e. The lowest BCUT2D eigenvalue weighted by molar-refractivity contribution is -0.135. The van der Waals surface area contributed by atoms with Gasteiger partial charge < -0.3 is 15.4 Å². The van der Waals surface area contributed by atoms with Gasteiger partial charge in [-0.2, -0.15) is 5.10 Å². The predicted octanol–water partition coefficient (Wildman–Crippen LogP) is 2.78. The van der Waals surface area contributed by atoms with Crippen molar-refractivity contribution in [2.75, 3.05) is 22.2 Å². The number of benzene rings is 2. The van der Waals surface area contributed by atoms with Gasteiger partial charge in [0.1, 0.15) is 11.8 Å². The summed E-state index contributed by atoms with van der Waals surface area (Å²) in [4.78, 5) is 36.2. The molecule has 0 fully saturated rings. The summed E-state index contributed by atoms with van der Waals surface area (Å²) in [6.07, 6.45) is 0.142. The first-order valence-corrected chi connectivity index (χ1v) is 9.25. The molecular formula is C21H22N4O4. The third-order valence-electron chi connectivity index (χ3n) is 4.22. The fraction of sp³-hybridized carbons (Fsp3) is 0.238. The molecule has 0 bridgehead atoms. The molecule has 0 spiro atoms. The number of rotatable bonds is 6. The molecule has 0 aliphatic carbocycles. The van der Waals surface area contributed by atoms with E-state index in [0.717, 1.165) is 0 Å². The Balaban J connectivity index is 1.77. The smallest absolute Gasteiger partial charge is 0.354 e. The van der Waals surface area contributed by atoms with Crippen LogP contribution in [0.5, 0.6) is 0 Å². The number of nitrogens with zero attached hydrogens (tertiary/aromatic N) is 2. The second-order valence-corrected chi connectivity index (χ2v) is 6.41. The van der Waals surface area contributed by atoms with Crippen molar-refractivity contribution < 1.29 is 19.1 Å². The van der Waals surface area contributed by atoms with Gasteiger partial charge in [-0.3, -0.25) is 14.6 Å². The van der Waals surface area contributed by atoms with Crippen molar-refractivity contribution in [3.8, 4) is 0 Å². The molecule has 8 nitrogen and oxygen atoms in total. The molecule has 0 radical (unpaired) electrons. The maximum Gasteiger partial charge on any atom is 0.354 e.